The Balaban J connectivity index is 2.01. The van der Waals surface area contributed by atoms with Crippen LogP contribution in [0.25, 0.3) is 0 Å². The molecule has 0 radical (unpaired) electrons. The normalized spacial score (nSPS) is 21.2. The molecule has 1 aliphatic heterocycles. The predicted molar refractivity (Wildman–Crippen MR) is 76.7 cm³/mol. The number of rotatable bonds is 5. The SMILES string of the molecule is Cc1oc(CN)cc1S(=O)(=O)NCC1CCCN(C)C1. The van der Waals surface area contributed by atoms with Crippen LogP contribution in [0.2, 0.25) is 0 Å². The number of hydrogen-bond donors (Lipinski definition) is 2. The number of aryl methyl sites for hydroxylation is 1. The van der Waals surface area contributed by atoms with Crippen molar-refractivity contribution in [1.29, 1.82) is 0 Å². The second-order valence-corrected chi connectivity index (χ2v) is 7.20. The fraction of sp³-hybridized carbons (Fsp3) is 0.692. The highest BCUT2D eigenvalue weighted by Gasteiger charge is 2.24. The highest BCUT2D eigenvalue weighted by atomic mass is 32.2. The predicted octanol–water partition coefficient (Wildman–Crippen LogP) is 0.667. The molecule has 3 N–H and O–H groups in total. The average molecular weight is 301 g/mol. The summed E-state index contributed by atoms with van der Waals surface area (Å²) < 4.78 is 32.6. The van der Waals surface area contributed by atoms with Crippen molar-refractivity contribution in [1.82, 2.24) is 9.62 Å². The van der Waals surface area contributed by atoms with Gasteiger partial charge in [0.05, 0.1) is 6.54 Å². The lowest BCUT2D eigenvalue weighted by Crippen LogP contribution is -2.39. The lowest BCUT2D eigenvalue weighted by atomic mass is 9.99. The quantitative estimate of drug-likeness (QED) is 0.834. The van der Waals surface area contributed by atoms with Gasteiger partial charge in [-0.15, -0.1) is 0 Å². The van der Waals surface area contributed by atoms with Gasteiger partial charge in [0.15, 0.2) is 0 Å². The molecular formula is C13H23N3O3S. The number of piperidine rings is 1. The third-order valence-electron chi connectivity index (χ3n) is 3.70. The molecule has 2 heterocycles. The molecule has 0 spiro atoms. The van der Waals surface area contributed by atoms with E-state index < -0.39 is 10.0 Å². The number of likely N-dealkylation sites (tertiary alicyclic amines) is 1. The Labute approximate surface area is 120 Å². The summed E-state index contributed by atoms with van der Waals surface area (Å²) in [4.78, 5) is 2.43. The van der Waals surface area contributed by atoms with Crippen LogP contribution in [0.3, 0.4) is 0 Å². The maximum Gasteiger partial charge on any atom is 0.244 e. The van der Waals surface area contributed by atoms with Crippen LogP contribution in [0.15, 0.2) is 15.4 Å². The van der Waals surface area contributed by atoms with Crippen LogP contribution in [-0.4, -0.2) is 40.0 Å². The fourth-order valence-corrected chi connectivity index (χ4v) is 3.95. The number of hydrogen-bond acceptors (Lipinski definition) is 5. The van der Waals surface area contributed by atoms with Crippen LogP contribution in [0.5, 0.6) is 0 Å². The van der Waals surface area contributed by atoms with E-state index >= 15 is 0 Å². The molecule has 1 saturated heterocycles. The number of furan rings is 1. The number of nitrogens with two attached hydrogens (primary N) is 1. The topological polar surface area (TPSA) is 88.6 Å². The lowest BCUT2D eigenvalue weighted by Gasteiger charge is -2.29. The molecule has 0 aliphatic carbocycles. The summed E-state index contributed by atoms with van der Waals surface area (Å²) in [6, 6.07) is 1.50. The van der Waals surface area contributed by atoms with Crippen molar-refractivity contribution >= 4 is 10.0 Å². The van der Waals surface area contributed by atoms with Gasteiger partial charge < -0.3 is 15.1 Å². The van der Waals surface area contributed by atoms with Gasteiger partial charge in [-0.2, -0.15) is 0 Å². The van der Waals surface area contributed by atoms with Crippen molar-refractivity contribution in [3.8, 4) is 0 Å². The Morgan fingerprint density at radius 3 is 2.90 bits per heavy atom. The first-order chi connectivity index (χ1) is 9.42. The molecule has 1 aromatic heterocycles. The molecule has 20 heavy (non-hydrogen) atoms. The summed E-state index contributed by atoms with van der Waals surface area (Å²) in [6.07, 6.45) is 2.18. The van der Waals surface area contributed by atoms with Crippen LogP contribution in [-0.2, 0) is 16.6 Å². The molecule has 1 fully saturated rings. The maximum atomic E-state index is 12.3. The van der Waals surface area contributed by atoms with Crippen molar-refractivity contribution in [2.45, 2.75) is 31.2 Å². The third-order valence-corrected chi connectivity index (χ3v) is 5.23. The highest BCUT2D eigenvalue weighted by Crippen LogP contribution is 2.20. The smallest absolute Gasteiger partial charge is 0.244 e. The van der Waals surface area contributed by atoms with E-state index in [1.165, 1.54) is 6.07 Å². The zero-order chi connectivity index (χ0) is 14.8. The maximum absolute atomic E-state index is 12.3. The minimum absolute atomic E-state index is 0.196. The zero-order valence-electron chi connectivity index (χ0n) is 12.1. The van der Waals surface area contributed by atoms with E-state index in [4.69, 9.17) is 10.2 Å². The van der Waals surface area contributed by atoms with Crippen LogP contribution < -0.4 is 10.5 Å². The second kappa shape index (κ2) is 6.26. The minimum atomic E-state index is -3.51. The molecule has 1 aliphatic rings. The van der Waals surface area contributed by atoms with E-state index in [0.29, 0.717) is 24.0 Å². The summed E-state index contributed by atoms with van der Waals surface area (Å²) in [7, 11) is -1.45. The van der Waals surface area contributed by atoms with Gasteiger partial charge in [0.2, 0.25) is 10.0 Å². The molecule has 6 nitrogen and oxygen atoms in total. The number of nitrogens with zero attached hydrogens (tertiary/aromatic N) is 1. The van der Waals surface area contributed by atoms with Crippen molar-refractivity contribution in [2.75, 3.05) is 26.7 Å². The molecule has 1 aromatic rings. The third kappa shape index (κ3) is 3.60. The van der Waals surface area contributed by atoms with Gasteiger partial charge in [-0.3, -0.25) is 0 Å². The van der Waals surface area contributed by atoms with Crippen molar-refractivity contribution < 1.29 is 12.8 Å². The monoisotopic (exact) mass is 301 g/mol. The summed E-state index contributed by atoms with van der Waals surface area (Å²) in [6.45, 7) is 4.33. The molecule has 0 saturated carbocycles. The summed E-state index contributed by atoms with van der Waals surface area (Å²) in [5, 5.41) is 0. The van der Waals surface area contributed by atoms with Gasteiger partial charge >= 0.3 is 0 Å². The number of nitrogens with one attached hydrogen (secondary N) is 1. The van der Waals surface area contributed by atoms with E-state index in [2.05, 4.69) is 16.7 Å². The zero-order valence-corrected chi connectivity index (χ0v) is 12.9. The standard InChI is InChI=1S/C13H23N3O3S/c1-10-13(6-12(7-14)19-10)20(17,18)15-8-11-4-3-5-16(2)9-11/h6,11,15H,3-5,7-9,14H2,1-2H3. The first-order valence-corrected chi connectivity index (χ1v) is 8.38. The average Bonchev–Trinajstić information content (AvgIpc) is 2.79. The summed E-state index contributed by atoms with van der Waals surface area (Å²) >= 11 is 0. The van der Waals surface area contributed by atoms with Gasteiger partial charge in [-0.1, -0.05) is 0 Å². The molecule has 1 unspecified atom stereocenters. The molecule has 0 aromatic carbocycles. The minimum Gasteiger partial charge on any atom is -0.464 e. The first kappa shape index (κ1) is 15.5. The Bertz CT molecular complexity index is 553. The largest absolute Gasteiger partial charge is 0.464 e. The van der Waals surface area contributed by atoms with E-state index in [1.54, 1.807) is 6.92 Å². The van der Waals surface area contributed by atoms with Crippen LogP contribution in [0.4, 0.5) is 0 Å². The Morgan fingerprint density at radius 1 is 1.55 bits per heavy atom. The van der Waals surface area contributed by atoms with Crippen molar-refractivity contribution in [2.24, 2.45) is 11.7 Å². The number of sulfonamides is 1. The van der Waals surface area contributed by atoms with E-state index in [1.807, 2.05) is 0 Å². The van der Waals surface area contributed by atoms with Gasteiger partial charge in [0.25, 0.3) is 0 Å². The Kier molecular flexibility index (Phi) is 4.85. The van der Waals surface area contributed by atoms with Crippen molar-refractivity contribution in [3.63, 3.8) is 0 Å². The van der Waals surface area contributed by atoms with Crippen molar-refractivity contribution in [3.05, 3.63) is 17.6 Å². The highest BCUT2D eigenvalue weighted by molar-refractivity contribution is 7.89. The van der Waals surface area contributed by atoms with Gasteiger partial charge in [-0.25, -0.2) is 13.1 Å². The fourth-order valence-electron chi connectivity index (χ4n) is 2.64. The molecule has 7 heteroatoms. The molecule has 2 rings (SSSR count). The lowest BCUT2D eigenvalue weighted by molar-refractivity contribution is 0.211. The first-order valence-electron chi connectivity index (χ1n) is 6.90. The molecule has 0 amide bonds. The van der Waals surface area contributed by atoms with Crippen LogP contribution in [0.1, 0.15) is 24.4 Å². The van der Waals surface area contributed by atoms with Gasteiger partial charge in [0, 0.05) is 19.2 Å². The summed E-state index contributed by atoms with van der Waals surface area (Å²) in [5.41, 5.74) is 5.47. The van der Waals surface area contributed by atoms with Gasteiger partial charge in [0.1, 0.15) is 16.4 Å². The van der Waals surface area contributed by atoms with Crippen LogP contribution >= 0.6 is 0 Å². The summed E-state index contributed by atoms with van der Waals surface area (Å²) in [5.74, 6) is 1.24. The molecular weight excluding hydrogens is 278 g/mol. The van der Waals surface area contributed by atoms with Gasteiger partial charge in [-0.05, 0) is 39.3 Å². The molecule has 1 atom stereocenters. The Morgan fingerprint density at radius 2 is 2.30 bits per heavy atom. The molecule has 0 bridgehead atoms. The second-order valence-electron chi connectivity index (χ2n) is 5.46. The van der Waals surface area contributed by atoms with Crippen LogP contribution in [0, 0.1) is 12.8 Å². The molecule has 114 valence electrons. The van der Waals surface area contributed by atoms with E-state index in [-0.39, 0.29) is 11.4 Å². The Hall–Kier alpha value is -0.890. The van der Waals surface area contributed by atoms with E-state index in [9.17, 15) is 8.42 Å². The van der Waals surface area contributed by atoms with E-state index in [0.717, 1.165) is 25.9 Å².